The summed E-state index contributed by atoms with van der Waals surface area (Å²) in [7, 11) is -2.17. The van der Waals surface area contributed by atoms with Gasteiger partial charge in [0.15, 0.2) is 0 Å². The van der Waals surface area contributed by atoms with Crippen molar-refractivity contribution in [2.75, 3.05) is 0 Å². The zero-order valence-corrected chi connectivity index (χ0v) is 18.4. The number of carbonyl (C=O) groups excluding carboxylic acids is 1. The largest absolute Gasteiger partial charge is 0.631 e. The van der Waals surface area contributed by atoms with Crippen molar-refractivity contribution in [2.24, 2.45) is 11.7 Å². The van der Waals surface area contributed by atoms with E-state index in [1.165, 1.54) is 6.20 Å². The molecule has 2 atom stereocenters. The van der Waals surface area contributed by atoms with Gasteiger partial charge in [0.05, 0.1) is 5.56 Å². The lowest BCUT2D eigenvalue weighted by Crippen LogP contribution is -2.42. The standard InChI is InChI=1S/C15H14N2O3.C6H13NO2.BH3O3/c18-14(12-7-4-8-16-10-12)17-13(15(19)20)9-11-5-2-1-3-6-11;1-4(2)3-5(7)6(8)9;2-1(3)4/h1-8,10,13H,9H2,(H,17,18)(H,19,20);4-5H,3,7H2,1-2H3,(H,8,9);2-4H/t13-;5-;/m00./s1. The topological polar surface area (TPSA) is 203 Å². The maximum Gasteiger partial charge on any atom is 0.631 e. The fourth-order valence-corrected chi connectivity index (χ4v) is 2.40. The minimum Gasteiger partial charge on any atom is -0.480 e. The van der Waals surface area contributed by atoms with Gasteiger partial charge in [-0.3, -0.25) is 14.6 Å². The van der Waals surface area contributed by atoms with Crippen LogP contribution in [-0.2, 0) is 16.0 Å². The highest BCUT2D eigenvalue weighted by Gasteiger charge is 2.21. The molecule has 0 radical (unpaired) electrons. The van der Waals surface area contributed by atoms with Crippen molar-refractivity contribution < 1.29 is 39.7 Å². The van der Waals surface area contributed by atoms with Gasteiger partial charge in [0.2, 0.25) is 0 Å². The van der Waals surface area contributed by atoms with Crippen molar-refractivity contribution in [1.82, 2.24) is 10.3 Å². The Kier molecular flexibility index (Phi) is 14.7. The quantitative estimate of drug-likeness (QED) is 0.259. The van der Waals surface area contributed by atoms with Gasteiger partial charge >= 0.3 is 19.3 Å². The molecule has 2 aromatic rings. The number of carboxylic acids is 2. The van der Waals surface area contributed by atoms with Gasteiger partial charge in [-0.25, -0.2) is 4.79 Å². The molecular formula is C21H30BN3O8. The zero-order chi connectivity index (χ0) is 25.4. The maximum absolute atomic E-state index is 11.9. The molecular weight excluding hydrogens is 433 g/mol. The van der Waals surface area contributed by atoms with Crippen LogP contribution in [0, 0.1) is 5.92 Å². The number of aliphatic carboxylic acids is 2. The van der Waals surface area contributed by atoms with Crippen molar-refractivity contribution in [3.63, 3.8) is 0 Å². The summed E-state index contributed by atoms with van der Waals surface area (Å²) >= 11 is 0. The molecule has 1 aromatic heterocycles. The van der Waals surface area contributed by atoms with E-state index >= 15 is 0 Å². The smallest absolute Gasteiger partial charge is 0.480 e. The van der Waals surface area contributed by atoms with Crippen molar-refractivity contribution in [3.8, 4) is 0 Å². The van der Waals surface area contributed by atoms with Gasteiger partial charge in [0, 0.05) is 18.8 Å². The summed E-state index contributed by atoms with van der Waals surface area (Å²) in [4.78, 5) is 37.1. The molecule has 0 saturated heterocycles. The first kappa shape index (κ1) is 29.7. The van der Waals surface area contributed by atoms with Gasteiger partial charge in [-0.2, -0.15) is 0 Å². The molecule has 1 aromatic carbocycles. The second-order valence-corrected chi connectivity index (χ2v) is 7.22. The molecule has 12 heteroatoms. The van der Waals surface area contributed by atoms with E-state index in [-0.39, 0.29) is 6.42 Å². The highest BCUT2D eigenvalue weighted by molar-refractivity contribution is 6.30. The Bertz CT molecular complexity index is 835. The molecule has 0 aliphatic carbocycles. The van der Waals surface area contributed by atoms with Crippen LogP contribution in [0.2, 0.25) is 0 Å². The molecule has 11 nitrogen and oxygen atoms in total. The number of carboxylic acid groups (broad SMARTS) is 2. The fraction of sp³-hybridized carbons (Fsp3) is 0.333. The number of hydrogen-bond acceptors (Lipinski definition) is 8. The normalized spacial score (nSPS) is 11.6. The van der Waals surface area contributed by atoms with E-state index in [1.807, 2.05) is 44.2 Å². The number of rotatable bonds is 8. The predicted molar refractivity (Wildman–Crippen MR) is 121 cm³/mol. The lowest BCUT2D eigenvalue weighted by atomic mass is 10.1. The molecule has 0 spiro atoms. The Balaban J connectivity index is 0.000000657. The summed E-state index contributed by atoms with van der Waals surface area (Å²) in [6, 6.07) is 10.7. The Morgan fingerprint density at radius 3 is 1.97 bits per heavy atom. The molecule has 8 N–H and O–H groups in total. The summed E-state index contributed by atoms with van der Waals surface area (Å²) in [5, 5.41) is 41.5. The molecule has 0 aliphatic rings. The van der Waals surface area contributed by atoms with Crippen LogP contribution in [0.3, 0.4) is 0 Å². The summed E-state index contributed by atoms with van der Waals surface area (Å²) in [6.07, 6.45) is 3.74. The average Bonchev–Trinajstić information content (AvgIpc) is 2.74. The summed E-state index contributed by atoms with van der Waals surface area (Å²) < 4.78 is 0. The molecule has 0 aliphatic heterocycles. The van der Waals surface area contributed by atoms with Crippen LogP contribution >= 0.6 is 0 Å². The van der Waals surface area contributed by atoms with E-state index in [2.05, 4.69) is 10.3 Å². The Hall–Kier alpha value is -3.32. The first-order valence-corrected chi connectivity index (χ1v) is 9.94. The Labute approximate surface area is 192 Å². The maximum atomic E-state index is 11.9. The first-order chi connectivity index (χ1) is 15.4. The summed E-state index contributed by atoms with van der Waals surface area (Å²) in [5.74, 6) is -2.06. The summed E-state index contributed by atoms with van der Waals surface area (Å²) in [6.45, 7) is 3.89. The van der Waals surface area contributed by atoms with Crippen LogP contribution in [0.25, 0.3) is 0 Å². The van der Waals surface area contributed by atoms with Crippen molar-refractivity contribution >= 4 is 25.2 Å². The van der Waals surface area contributed by atoms with Gasteiger partial charge in [-0.1, -0.05) is 44.2 Å². The van der Waals surface area contributed by atoms with Crippen molar-refractivity contribution in [2.45, 2.75) is 38.8 Å². The van der Waals surface area contributed by atoms with Gasteiger partial charge in [-0.15, -0.1) is 0 Å². The molecule has 0 fully saturated rings. The number of hydrogen-bond donors (Lipinski definition) is 7. The molecule has 33 heavy (non-hydrogen) atoms. The fourth-order valence-electron chi connectivity index (χ4n) is 2.40. The zero-order valence-electron chi connectivity index (χ0n) is 18.4. The minimum absolute atomic E-state index is 0.238. The third-order valence-electron chi connectivity index (χ3n) is 3.85. The lowest BCUT2D eigenvalue weighted by molar-refractivity contribution is -0.140. The number of amides is 1. The number of aromatic nitrogens is 1. The van der Waals surface area contributed by atoms with Gasteiger partial charge < -0.3 is 36.3 Å². The van der Waals surface area contributed by atoms with E-state index in [0.29, 0.717) is 17.9 Å². The van der Waals surface area contributed by atoms with Crippen LogP contribution < -0.4 is 11.1 Å². The predicted octanol–water partition coefficient (Wildman–Crippen LogP) is -0.100. The minimum atomic E-state index is -2.17. The summed E-state index contributed by atoms with van der Waals surface area (Å²) in [5.41, 5.74) is 6.41. The molecule has 0 bridgehead atoms. The Morgan fingerprint density at radius 1 is 1.00 bits per heavy atom. The van der Waals surface area contributed by atoms with Crippen LogP contribution in [-0.4, -0.2) is 67.5 Å². The molecule has 0 unspecified atom stereocenters. The van der Waals surface area contributed by atoms with Crippen LogP contribution in [0.5, 0.6) is 0 Å². The number of nitrogens with one attached hydrogen (secondary N) is 1. The highest BCUT2D eigenvalue weighted by Crippen LogP contribution is 2.05. The number of nitrogens with zero attached hydrogens (tertiary/aromatic N) is 1. The number of carbonyl (C=O) groups is 3. The Morgan fingerprint density at radius 2 is 1.58 bits per heavy atom. The first-order valence-electron chi connectivity index (χ1n) is 9.94. The number of pyridine rings is 1. The third-order valence-corrected chi connectivity index (χ3v) is 3.85. The number of nitrogens with two attached hydrogens (primary N) is 1. The monoisotopic (exact) mass is 463 g/mol. The van der Waals surface area contributed by atoms with E-state index in [1.54, 1.807) is 18.3 Å². The SMILES string of the molecule is CC(C)C[C@H](N)C(=O)O.O=C(N[C@@H](Cc1ccccc1)C(=O)O)c1cccnc1.OB(O)O. The average molecular weight is 463 g/mol. The van der Waals surface area contributed by atoms with E-state index < -0.39 is 37.3 Å². The van der Waals surface area contributed by atoms with Crippen LogP contribution in [0.4, 0.5) is 0 Å². The van der Waals surface area contributed by atoms with Crippen LogP contribution in [0.1, 0.15) is 36.2 Å². The van der Waals surface area contributed by atoms with Gasteiger partial charge in [-0.05, 0) is 30.0 Å². The molecule has 1 heterocycles. The molecule has 180 valence electrons. The van der Waals surface area contributed by atoms with Gasteiger partial charge in [0.1, 0.15) is 12.1 Å². The highest BCUT2D eigenvalue weighted by atomic mass is 16.5. The second kappa shape index (κ2) is 16.3. The third kappa shape index (κ3) is 15.2. The molecule has 0 saturated carbocycles. The van der Waals surface area contributed by atoms with E-state index in [9.17, 15) is 19.5 Å². The van der Waals surface area contributed by atoms with E-state index in [4.69, 9.17) is 25.9 Å². The lowest BCUT2D eigenvalue weighted by Gasteiger charge is -2.14. The van der Waals surface area contributed by atoms with E-state index in [0.717, 1.165) is 5.56 Å². The van der Waals surface area contributed by atoms with Gasteiger partial charge in [0.25, 0.3) is 5.91 Å². The van der Waals surface area contributed by atoms with Crippen LogP contribution in [0.15, 0.2) is 54.9 Å². The number of benzene rings is 1. The van der Waals surface area contributed by atoms with Crippen molar-refractivity contribution in [3.05, 3.63) is 66.0 Å². The molecule has 2 rings (SSSR count). The molecule has 1 amide bonds. The second-order valence-electron chi connectivity index (χ2n) is 7.22. The van der Waals surface area contributed by atoms with Crippen molar-refractivity contribution in [1.29, 1.82) is 0 Å².